The average Bonchev–Trinajstić information content (AvgIpc) is 2.51. The molecule has 1 fully saturated rings. The van der Waals surface area contributed by atoms with Crippen LogP contribution < -0.4 is 0 Å². The highest BCUT2D eigenvalue weighted by Gasteiger charge is 2.56. The topological polar surface area (TPSA) is 77.8 Å². The van der Waals surface area contributed by atoms with Crippen LogP contribution in [0.5, 0.6) is 0 Å². The number of carbonyl (C=O) groups is 2. The lowest BCUT2D eigenvalue weighted by Gasteiger charge is -2.44. The lowest BCUT2D eigenvalue weighted by molar-refractivity contribution is -0.161. The number of carboxylic acid groups (broad SMARTS) is 1. The van der Waals surface area contributed by atoms with Gasteiger partial charge in [-0.15, -0.1) is 11.8 Å². The number of hydrogen-bond donors (Lipinski definition) is 2. The zero-order valence-electron chi connectivity index (χ0n) is 9.01. The standard InChI is InChI=1S/C10H13NO4S/c1-4(12)7-5-3-6(16-2)8(10(14)15)11(5)9(7)13/h4-5,7,12H,3H2,1-2H3,(H,14,15). The number of amides is 1. The molecular weight excluding hydrogens is 230 g/mol. The minimum absolute atomic E-state index is 0.0967. The van der Waals surface area contributed by atoms with Crippen molar-refractivity contribution in [2.24, 2.45) is 5.92 Å². The molecule has 16 heavy (non-hydrogen) atoms. The largest absolute Gasteiger partial charge is 0.477 e. The Bertz CT molecular complexity index is 390. The van der Waals surface area contributed by atoms with E-state index in [4.69, 9.17) is 5.11 Å². The van der Waals surface area contributed by atoms with Gasteiger partial charge in [-0.25, -0.2) is 4.79 Å². The van der Waals surface area contributed by atoms with Gasteiger partial charge in [0.15, 0.2) is 0 Å². The monoisotopic (exact) mass is 243 g/mol. The van der Waals surface area contributed by atoms with E-state index in [1.165, 1.54) is 16.7 Å². The van der Waals surface area contributed by atoms with Gasteiger partial charge in [-0.3, -0.25) is 4.79 Å². The summed E-state index contributed by atoms with van der Waals surface area (Å²) < 4.78 is 0. The summed E-state index contributed by atoms with van der Waals surface area (Å²) in [5, 5.41) is 18.5. The zero-order chi connectivity index (χ0) is 12.0. The SMILES string of the molecule is CSC1=C(C(=O)O)N2C(=O)C(C(C)O)C2C1. The van der Waals surface area contributed by atoms with Crippen LogP contribution in [0.15, 0.2) is 10.6 Å². The highest BCUT2D eigenvalue weighted by atomic mass is 32.2. The van der Waals surface area contributed by atoms with Crippen molar-refractivity contribution in [1.82, 2.24) is 4.90 Å². The maximum atomic E-state index is 11.7. The van der Waals surface area contributed by atoms with E-state index in [1.54, 1.807) is 13.2 Å². The van der Waals surface area contributed by atoms with E-state index < -0.39 is 18.0 Å². The number of nitrogens with zero attached hydrogens (tertiary/aromatic N) is 1. The van der Waals surface area contributed by atoms with Gasteiger partial charge >= 0.3 is 5.97 Å². The molecule has 0 radical (unpaired) electrons. The minimum Gasteiger partial charge on any atom is -0.477 e. The van der Waals surface area contributed by atoms with Gasteiger partial charge < -0.3 is 15.1 Å². The van der Waals surface area contributed by atoms with Crippen molar-refractivity contribution in [3.8, 4) is 0 Å². The number of carbonyl (C=O) groups excluding carboxylic acids is 1. The van der Waals surface area contributed by atoms with Crippen LogP contribution >= 0.6 is 11.8 Å². The molecular formula is C10H13NO4S. The molecule has 0 aromatic heterocycles. The Morgan fingerprint density at radius 3 is 2.69 bits per heavy atom. The third kappa shape index (κ3) is 1.36. The number of aliphatic hydroxyl groups excluding tert-OH is 1. The first-order chi connectivity index (χ1) is 7.49. The molecule has 2 rings (SSSR count). The average molecular weight is 243 g/mol. The highest BCUT2D eigenvalue weighted by Crippen LogP contribution is 2.46. The summed E-state index contributed by atoms with van der Waals surface area (Å²) in [6.45, 7) is 1.57. The molecule has 0 spiro atoms. The molecule has 0 aromatic carbocycles. The van der Waals surface area contributed by atoms with Crippen molar-refractivity contribution < 1.29 is 19.8 Å². The van der Waals surface area contributed by atoms with E-state index in [0.717, 1.165) is 0 Å². The Labute approximate surface area is 97.1 Å². The van der Waals surface area contributed by atoms with Gasteiger partial charge in [-0.1, -0.05) is 0 Å². The normalized spacial score (nSPS) is 30.2. The summed E-state index contributed by atoms with van der Waals surface area (Å²) in [5.74, 6) is -1.79. The van der Waals surface area contributed by atoms with Crippen molar-refractivity contribution in [3.05, 3.63) is 10.6 Å². The summed E-state index contributed by atoms with van der Waals surface area (Å²) in [4.78, 5) is 24.8. The van der Waals surface area contributed by atoms with Gasteiger partial charge in [0.2, 0.25) is 5.91 Å². The lowest BCUT2D eigenvalue weighted by atomic mass is 9.83. The fourth-order valence-corrected chi connectivity index (χ4v) is 3.13. The number of fused-ring (bicyclic) bond motifs is 1. The van der Waals surface area contributed by atoms with Gasteiger partial charge in [0, 0.05) is 11.3 Å². The molecule has 1 saturated heterocycles. The molecule has 0 aliphatic carbocycles. The second-order valence-corrected chi connectivity index (χ2v) is 4.93. The molecule has 0 aromatic rings. The molecule has 1 amide bonds. The molecule has 88 valence electrons. The Kier molecular flexibility index (Phi) is 2.71. The third-order valence-corrected chi connectivity index (χ3v) is 3.99. The molecule has 2 N–H and O–H groups in total. The molecule has 6 heteroatoms. The van der Waals surface area contributed by atoms with Crippen molar-refractivity contribution >= 4 is 23.6 Å². The van der Waals surface area contributed by atoms with Gasteiger partial charge in [-0.05, 0) is 13.2 Å². The Morgan fingerprint density at radius 2 is 2.25 bits per heavy atom. The van der Waals surface area contributed by atoms with E-state index in [-0.39, 0.29) is 17.6 Å². The number of carboxylic acids is 1. The van der Waals surface area contributed by atoms with Gasteiger partial charge in [0.05, 0.1) is 18.1 Å². The van der Waals surface area contributed by atoms with E-state index in [0.29, 0.717) is 11.3 Å². The molecule has 5 nitrogen and oxygen atoms in total. The van der Waals surface area contributed by atoms with E-state index in [1.807, 2.05) is 0 Å². The Hall–Kier alpha value is -1.01. The number of aliphatic carboxylic acids is 1. The number of aliphatic hydroxyl groups is 1. The first-order valence-electron chi connectivity index (χ1n) is 5.00. The van der Waals surface area contributed by atoms with Crippen molar-refractivity contribution in [2.45, 2.75) is 25.5 Å². The van der Waals surface area contributed by atoms with Gasteiger partial charge in [0.25, 0.3) is 0 Å². The Morgan fingerprint density at radius 1 is 1.62 bits per heavy atom. The highest BCUT2D eigenvalue weighted by molar-refractivity contribution is 8.02. The smallest absolute Gasteiger partial charge is 0.353 e. The number of rotatable bonds is 3. The van der Waals surface area contributed by atoms with Crippen LogP contribution in [0.25, 0.3) is 0 Å². The predicted octanol–water partition coefficient (Wildman–Crippen LogP) is 0.257. The molecule has 2 aliphatic rings. The first kappa shape index (κ1) is 11.5. The van der Waals surface area contributed by atoms with Gasteiger partial charge in [-0.2, -0.15) is 0 Å². The van der Waals surface area contributed by atoms with Crippen LogP contribution in [-0.2, 0) is 9.59 Å². The maximum absolute atomic E-state index is 11.7. The van der Waals surface area contributed by atoms with Crippen LogP contribution in [0, 0.1) is 5.92 Å². The molecule has 2 heterocycles. The summed E-state index contributed by atoms with van der Waals surface area (Å²) in [5.41, 5.74) is 0.0967. The van der Waals surface area contributed by atoms with Crippen LogP contribution in [0.4, 0.5) is 0 Å². The van der Waals surface area contributed by atoms with Crippen molar-refractivity contribution in [2.75, 3.05) is 6.26 Å². The summed E-state index contributed by atoms with van der Waals surface area (Å²) in [6, 6.07) is -0.166. The van der Waals surface area contributed by atoms with Crippen LogP contribution in [0.1, 0.15) is 13.3 Å². The molecule has 3 unspecified atom stereocenters. The zero-order valence-corrected chi connectivity index (χ0v) is 9.82. The summed E-state index contributed by atoms with van der Waals surface area (Å²) in [6.07, 6.45) is 1.63. The fraction of sp³-hybridized carbons (Fsp3) is 0.600. The van der Waals surface area contributed by atoms with E-state index >= 15 is 0 Å². The first-order valence-corrected chi connectivity index (χ1v) is 6.23. The van der Waals surface area contributed by atoms with E-state index in [9.17, 15) is 14.7 Å². The second-order valence-electron chi connectivity index (χ2n) is 4.03. The maximum Gasteiger partial charge on any atom is 0.353 e. The quantitative estimate of drug-likeness (QED) is 0.695. The van der Waals surface area contributed by atoms with Crippen LogP contribution in [0.2, 0.25) is 0 Å². The summed E-state index contributed by atoms with van der Waals surface area (Å²) in [7, 11) is 0. The molecule has 3 atom stereocenters. The predicted molar refractivity (Wildman–Crippen MR) is 58.6 cm³/mol. The van der Waals surface area contributed by atoms with Gasteiger partial charge in [0.1, 0.15) is 5.70 Å². The molecule has 0 bridgehead atoms. The fourth-order valence-electron chi connectivity index (χ4n) is 2.41. The number of hydrogen-bond acceptors (Lipinski definition) is 4. The number of β-lactam (4-membered cyclic amide) rings is 1. The van der Waals surface area contributed by atoms with Crippen LogP contribution in [0.3, 0.4) is 0 Å². The minimum atomic E-state index is -1.07. The third-order valence-electron chi connectivity index (χ3n) is 3.14. The van der Waals surface area contributed by atoms with Crippen LogP contribution in [-0.4, -0.2) is 45.4 Å². The molecule has 2 aliphatic heterocycles. The van der Waals surface area contributed by atoms with E-state index in [2.05, 4.69) is 0 Å². The molecule has 0 saturated carbocycles. The lowest BCUT2D eigenvalue weighted by Crippen LogP contribution is -2.61. The van der Waals surface area contributed by atoms with Crippen molar-refractivity contribution in [1.29, 1.82) is 0 Å². The summed E-state index contributed by atoms with van der Waals surface area (Å²) >= 11 is 1.36. The second kappa shape index (κ2) is 3.78. The number of thioether (sulfide) groups is 1. The van der Waals surface area contributed by atoms with Crippen molar-refractivity contribution in [3.63, 3.8) is 0 Å². The Balaban J connectivity index is 2.29.